The van der Waals surface area contributed by atoms with Crippen molar-refractivity contribution in [2.75, 3.05) is 11.9 Å². The highest BCUT2D eigenvalue weighted by Crippen LogP contribution is 2.27. The van der Waals surface area contributed by atoms with Crippen LogP contribution in [0.2, 0.25) is 0 Å². The van der Waals surface area contributed by atoms with Crippen LogP contribution in [0.3, 0.4) is 0 Å². The Morgan fingerprint density at radius 1 is 1.17 bits per heavy atom. The van der Waals surface area contributed by atoms with Gasteiger partial charge in [0.25, 0.3) is 5.56 Å². The van der Waals surface area contributed by atoms with E-state index in [1.165, 1.54) is 24.0 Å². The fourth-order valence-corrected chi connectivity index (χ4v) is 3.16. The van der Waals surface area contributed by atoms with Crippen molar-refractivity contribution in [3.05, 3.63) is 69.2 Å². The molecule has 1 aliphatic heterocycles. The van der Waals surface area contributed by atoms with Gasteiger partial charge in [-0.1, -0.05) is 34.1 Å². The van der Waals surface area contributed by atoms with Crippen LogP contribution >= 0.6 is 15.9 Å². The molecular formula is C18H14BrN3O2. The summed E-state index contributed by atoms with van der Waals surface area (Å²) in [4.78, 5) is 18.0. The fraction of sp³-hybridized carbons (Fsp3) is 0.111. The van der Waals surface area contributed by atoms with Gasteiger partial charge in [-0.15, -0.1) is 0 Å². The van der Waals surface area contributed by atoms with E-state index in [-0.39, 0.29) is 11.1 Å². The minimum Gasteiger partial charge on any atom is -0.449 e. The zero-order valence-corrected chi connectivity index (χ0v) is 14.3. The summed E-state index contributed by atoms with van der Waals surface area (Å²) in [6.45, 7) is 1.11. The predicted molar refractivity (Wildman–Crippen MR) is 98.5 cm³/mol. The maximum absolute atomic E-state index is 11.4. The number of H-pyrrole nitrogens is 1. The first-order chi connectivity index (χ1) is 11.7. The van der Waals surface area contributed by atoms with Gasteiger partial charge in [-0.3, -0.25) is 4.79 Å². The Morgan fingerprint density at radius 2 is 2.04 bits per heavy atom. The monoisotopic (exact) mass is 383 g/mol. The fourth-order valence-electron chi connectivity index (χ4n) is 2.80. The molecule has 120 valence electrons. The molecule has 0 saturated carbocycles. The highest BCUT2D eigenvalue weighted by atomic mass is 79.9. The zero-order valence-electron chi connectivity index (χ0n) is 12.7. The van der Waals surface area contributed by atoms with Crippen molar-refractivity contribution in [2.45, 2.75) is 6.42 Å². The van der Waals surface area contributed by atoms with Gasteiger partial charge in [0, 0.05) is 22.1 Å². The van der Waals surface area contributed by atoms with Crippen LogP contribution in [0.1, 0.15) is 5.56 Å². The molecule has 0 bridgehead atoms. The number of nitrogens with zero attached hydrogens (tertiary/aromatic N) is 1. The maximum atomic E-state index is 11.4. The van der Waals surface area contributed by atoms with E-state index in [1.807, 2.05) is 12.1 Å². The predicted octanol–water partition coefficient (Wildman–Crippen LogP) is 4.09. The van der Waals surface area contributed by atoms with Crippen LogP contribution in [0.25, 0.3) is 22.1 Å². The molecule has 0 amide bonds. The quantitative estimate of drug-likeness (QED) is 0.479. The number of nitrogens with one attached hydrogen (secondary N) is 2. The van der Waals surface area contributed by atoms with Crippen LogP contribution in [0.15, 0.2) is 62.5 Å². The van der Waals surface area contributed by atoms with Gasteiger partial charge >= 0.3 is 0 Å². The summed E-state index contributed by atoms with van der Waals surface area (Å²) in [6.07, 6.45) is 2.57. The number of hydrogen-bond acceptors (Lipinski definition) is 4. The van der Waals surface area contributed by atoms with Crippen LogP contribution < -0.4 is 10.9 Å². The first-order valence-electron chi connectivity index (χ1n) is 7.59. The van der Waals surface area contributed by atoms with Gasteiger partial charge in [0.2, 0.25) is 5.58 Å². The van der Waals surface area contributed by atoms with Crippen molar-refractivity contribution in [3.8, 4) is 0 Å². The Morgan fingerprint density at radius 3 is 2.92 bits per heavy atom. The third-order valence-corrected chi connectivity index (χ3v) is 4.44. The van der Waals surface area contributed by atoms with Gasteiger partial charge in [-0.25, -0.2) is 4.98 Å². The lowest BCUT2D eigenvalue weighted by Gasteiger charge is -1.94. The van der Waals surface area contributed by atoms with E-state index in [2.05, 4.69) is 55.5 Å². The summed E-state index contributed by atoms with van der Waals surface area (Å²) in [5.41, 5.74) is 4.04. The van der Waals surface area contributed by atoms with E-state index in [0.29, 0.717) is 11.1 Å². The van der Waals surface area contributed by atoms with Crippen LogP contribution in [-0.4, -0.2) is 16.5 Å². The summed E-state index contributed by atoms with van der Waals surface area (Å²) in [6, 6.07) is 14.0. The number of hydrogen-bond donors (Lipinski definition) is 2. The molecule has 5 nitrogen and oxygen atoms in total. The largest absolute Gasteiger partial charge is 0.449 e. The number of furan rings is 1. The molecule has 5 rings (SSSR count). The highest BCUT2D eigenvalue weighted by molar-refractivity contribution is 9.10. The van der Waals surface area contributed by atoms with Gasteiger partial charge < -0.3 is 14.7 Å². The number of aromatic nitrogens is 2. The molecule has 0 radical (unpaired) electrons. The van der Waals surface area contributed by atoms with Gasteiger partial charge in [0.05, 0.1) is 6.33 Å². The SMILES string of the molecule is O=c1[nH]cnc2c1oc1ccc(Br)cc12.c1ccc2c(c1)CCN2. The second-order valence-electron chi connectivity index (χ2n) is 5.49. The lowest BCUT2D eigenvalue weighted by Crippen LogP contribution is -2.03. The minimum atomic E-state index is -0.257. The maximum Gasteiger partial charge on any atom is 0.294 e. The second kappa shape index (κ2) is 6.13. The van der Waals surface area contributed by atoms with Crippen LogP contribution in [-0.2, 0) is 6.42 Å². The van der Waals surface area contributed by atoms with Crippen LogP contribution in [0.4, 0.5) is 5.69 Å². The summed E-state index contributed by atoms with van der Waals surface area (Å²) in [5.74, 6) is 0. The average molecular weight is 384 g/mol. The van der Waals surface area contributed by atoms with E-state index >= 15 is 0 Å². The van der Waals surface area contributed by atoms with Crippen molar-refractivity contribution in [1.29, 1.82) is 0 Å². The first-order valence-corrected chi connectivity index (χ1v) is 8.39. The van der Waals surface area contributed by atoms with Gasteiger partial charge in [0.15, 0.2) is 0 Å². The summed E-state index contributed by atoms with van der Waals surface area (Å²) in [5, 5.41) is 4.14. The molecule has 0 unspecified atom stereocenters. The average Bonchev–Trinajstić information content (AvgIpc) is 3.20. The standard InChI is InChI=1S/C10H5BrN2O2.C8H9N/c11-5-1-2-7-6(3-5)8-9(15-7)10(14)13-4-12-8;1-2-4-8-7(3-1)5-6-9-8/h1-4H,(H,12,13,14);1-4,9H,5-6H2. The number of para-hydroxylation sites is 1. The molecular weight excluding hydrogens is 370 g/mol. The van der Waals surface area contributed by atoms with E-state index in [9.17, 15) is 4.79 Å². The lowest BCUT2D eigenvalue weighted by molar-refractivity contribution is 0.661. The van der Waals surface area contributed by atoms with Gasteiger partial charge in [0.1, 0.15) is 11.1 Å². The van der Waals surface area contributed by atoms with Crippen molar-refractivity contribution in [2.24, 2.45) is 0 Å². The number of halogens is 1. The highest BCUT2D eigenvalue weighted by Gasteiger charge is 2.10. The molecule has 2 N–H and O–H groups in total. The normalized spacial score (nSPS) is 12.5. The number of benzene rings is 2. The Labute approximate surface area is 145 Å². The topological polar surface area (TPSA) is 70.9 Å². The Balaban J connectivity index is 0.000000138. The number of rotatable bonds is 0. The second-order valence-corrected chi connectivity index (χ2v) is 6.40. The molecule has 6 heteroatoms. The van der Waals surface area contributed by atoms with Crippen molar-refractivity contribution in [3.63, 3.8) is 0 Å². The third-order valence-electron chi connectivity index (χ3n) is 3.95. The number of anilines is 1. The molecule has 3 heterocycles. The number of fused-ring (bicyclic) bond motifs is 4. The molecule has 0 fully saturated rings. The van der Waals surface area contributed by atoms with Crippen molar-refractivity contribution in [1.82, 2.24) is 9.97 Å². The third kappa shape index (κ3) is 2.69. The lowest BCUT2D eigenvalue weighted by atomic mass is 10.2. The molecule has 2 aromatic heterocycles. The Kier molecular flexibility index (Phi) is 3.82. The Hall–Kier alpha value is -2.60. The van der Waals surface area contributed by atoms with Crippen molar-refractivity contribution >= 4 is 43.7 Å². The van der Waals surface area contributed by atoms with Crippen LogP contribution in [0, 0.1) is 0 Å². The molecule has 0 saturated heterocycles. The van der Waals surface area contributed by atoms with E-state index in [1.54, 1.807) is 6.07 Å². The van der Waals surface area contributed by atoms with E-state index in [0.717, 1.165) is 16.4 Å². The number of aromatic amines is 1. The molecule has 0 aliphatic carbocycles. The van der Waals surface area contributed by atoms with E-state index in [4.69, 9.17) is 4.42 Å². The molecule has 2 aromatic carbocycles. The summed E-state index contributed by atoms with van der Waals surface area (Å²) >= 11 is 3.37. The van der Waals surface area contributed by atoms with Gasteiger partial charge in [-0.05, 0) is 36.2 Å². The molecule has 24 heavy (non-hydrogen) atoms. The molecule has 1 aliphatic rings. The zero-order chi connectivity index (χ0) is 16.5. The van der Waals surface area contributed by atoms with Gasteiger partial charge in [-0.2, -0.15) is 0 Å². The molecule has 0 atom stereocenters. The van der Waals surface area contributed by atoms with Crippen LogP contribution in [0.5, 0.6) is 0 Å². The smallest absolute Gasteiger partial charge is 0.294 e. The van der Waals surface area contributed by atoms with Crippen molar-refractivity contribution < 1.29 is 4.42 Å². The molecule has 0 spiro atoms. The Bertz CT molecular complexity index is 1060. The summed E-state index contributed by atoms with van der Waals surface area (Å²) < 4.78 is 6.34. The summed E-state index contributed by atoms with van der Waals surface area (Å²) in [7, 11) is 0. The minimum absolute atomic E-state index is 0.257. The molecule has 4 aromatic rings. The first kappa shape index (κ1) is 15.0. The van der Waals surface area contributed by atoms with E-state index < -0.39 is 0 Å².